The van der Waals surface area contributed by atoms with Crippen molar-refractivity contribution in [1.29, 1.82) is 0 Å². The normalized spacial score (nSPS) is 18.8. The Hall–Kier alpha value is -2.87. The molecule has 1 aromatic heterocycles. The zero-order valence-corrected chi connectivity index (χ0v) is 15.9. The molecule has 4 rings (SSSR count). The van der Waals surface area contributed by atoms with E-state index in [1.54, 1.807) is 19.5 Å². The van der Waals surface area contributed by atoms with Gasteiger partial charge in [-0.05, 0) is 18.1 Å². The molecule has 0 spiro atoms. The molecule has 8 heteroatoms. The van der Waals surface area contributed by atoms with Gasteiger partial charge in [0.25, 0.3) is 5.91 Å². The highest BCUT2D eigenvalue weighted by Crippen LogP contribution is 2.35. The summed E-state index contributed by atoms with van der Waals surface area (Å²) in [6.07, 6.45) is 3.98. The molecule has 2 aliphatic heterocycles. The van der Waals surface area contributed by atoms with Crippen molar-refractivity contribution in [1.82, 2.24) is 15.3 Å². The fraction of sp³-hybridized carbons (Fsp3) is 0.450. The maximum atomic E-state index is 12.4. The molecule has 0 aliphatic carbocycles. The van der Waals surface area contributed by atoms with Crippen molar-refractivity contribution in [3.63, 3.8) is 0 Å². The van der Waals surface area contributed by atoms with Gasteiger partial charge < -0.3 is 24.4 Å². The molecule has 28 heavy (non-hydrogen) atoms. The fourth-order valence-electron chi connectivity index (χ4n) is 3.45. The van der Waals surface area contributed by atoms with Gasteiger partial charge in [-0.15, -0.1) is 0 Å². The lowest BCUT2D eigenvalue weighted by atomic mass is 9.96. The van der Waals surface area contributed by atoms with Crippen LogP contribution in [0.2, 0.25) is 0 Å². The molecule has 1 saturated heterocycles. The Morgan fingerprint density at radius 1 is 1.29 bits per heavy atom. The third-order valence-corrected chi connectivity index (χ3v) is 5.00. The molecule has 2 aromatic rings. The van der Waals surface area contributed by atoms with Gasteiger partial charge in [0.05, 0.1) is 32.5 Å². The number of para-hydroxylation sites is 1. The van der Waals surface area contributed by atoms with Crippen molar-refractivity contribution in [2.45, 2.75) is 6.42 Å². The topological polar surface area (TPSA) is 85.8 Å². The van der Waals surface area contributed by atoms with Crippen LogP contribution in [0.25, 0.3) is 0 Å². The molecule has 1 N–H and O–H groups in total. The SMILES string of the molecule is COc1cccc2c1OC[C@H](CNC(=O)c1cnc(N3CCOCC3)nc1)C2. The first-order valence-corrected chi connectivity index (χ1v) is 9.46. The highest BCUT2D eigenvalue weighted by molar-refractivity contribution is 5.93. The van der Waals surface area contributed by atoms with Crippen molar-refractivity contribution >= 4 is 11.9 Å². The Bertz CT molecular complexity index is 821. The summed E-state index contributed by atoms with van der Waals surface area (Å²) in [6.45, 7) is 3.94. The molecule has 1 amide bonds. The van der Waals surface area contributed by atoms with E-state index in [0.717, 1.165) is 36.6 Å². The summed E-state index contributed by atoms with van der Waals surface area (Å²) in [7, 11) is 1.64. The number of rotatable bonds is 5. The third-order valence-electron chi connectivity index (χ3n) is 5.00. The number of amides is 1. The second-order valence-electron chi connectivity index (χ2n) is 6.91. The largest absolute Gasteiger partial charge is 0.493 e. The van der Waals surface area contributed by atoms with E-state index in [-0.39, 0.29) is 11.8 Å². The Balaban J connectivity index is 1.32. The lowest BCUT2D eigenvalue weighted by molar-refractivity contribution is 0.0937. The molecule has 8 nitrogen and oxygen atoms in total. The summed E-state index contributed by atoms with van der Waals surface area (Å²) in [5.74, 6) is 2.21. The highest BCUT2D eigenvalue weighted by Gasteiger charge is 2.23. The lowest BCUT2D eigenvalue weighted by Crippen LogP contribution is -2.37. The van der Waals surface area contributed by atoms with E-state index in [0.29, 0.717) is 37.9 Å². The molecule has 148 valence electrons. The van der Waals surface area contributed by atoms with Gasteiger partial charge in [-0.3, -0.25) is 4.79 Å². The molecular weight excluding hydrogens is 360 g/mol. The average molecular weight is 384 g/mol. The van der Waals surface area contributed by atoms with Crippen molar-refractivity contribution in [3.05, 3.63) is 41.7 Å². The van der Waals surface area contributed by atoms with Crippen molar-refractivity contribution in [2.24, 2.45) is 5.92 Å². The van der Waals surface area contributed by atoms with Gasteiger partial charge in [-0.1, -0.05) is 12.1 Å². The van der Waals surface area contributed by atoms with Crippen LogP contribution in [-0.2, 0) is 11.2 Å². The van der Waals surface area contributed by atoms with Crippen LogP contribution in [0.1, 0.15) is 15.9 Å². The van der Waals surface area contributed by atoms with E-state index < -0.39 is 0 Å². The number of aromatic nitrogens is 2. The number of carbonyl (C=O) groups excluding carboxylic acids is 1. The van der Waals surface area contributed by atoms with Gasteiger partial charge in [-0.25, -0.2) is 9.97 Å². The number of nitrogens with one attached hydrogen (secondary N) is 1. The number of ether oxygens (including phenoxy) is 3. The zero-order chi connectivity index (χ0) is 19.3. The number of anilines is 1. The summed E-state index contributed by atoms with van der Waals surface area (Å²) in [5, 5.41) is 2.96. The first kappa shape index (κ1) is 18.5. The summed E-state index contributed by atoms with van der Waals surface area (Å²) >= 11 is 0. The highest BCUT2D eigenvalue weighted by atomic mass is 16.5. The van der Waals surface area contributed by atoms with E-state index in [9.17, 15) is 4.79 Å². The molecule has 3 heterocycles. The summed E-state index contributed by atoms with van der Waals surface area (Å²) in [6, 6.07) is 5.88. The lowest BCUT2D eigenvalue weighted by Gasteiger charge is -2.27. The van der Waals surface area contributed by atoms with E-state index in [1.807, 2.05) is 18.2 Å². The van der Waals surface area contributed by atoms with Crippen LogP contribution in [0.15, 0.2) is 30.6 Å². The van der Waals surface area contributed by atoms with E-state index in [1.165, 1.54) is 0 Å². The number of hydrogen-bond acceptors (Lipinski definition) is 7. The average Bonchev–Trinajstić information content (AvgIpc) is 2.77. The van der Waals surface area contributed by atoms with E-state index in [2.05, 4.69) is 20.2 Å². The minimum absolute atomic E-state index is 0.176. The number of nitrogens with zero attached hydrogens (tertiary/aromatic N) is 3. The van der Waals surface area contributed by atoms with Crippen LogP contribution in [0.5, 0.6) is 11.5 Å². The van der Waals surface area contributed by atoms with Crippen molar-refractivity contribution in [2.75, 3.05) is 51.5 Å². The number of morpholine rings is 1. The van der Waals surface area contributed by atoms with Crippen LogP contribution in [0.3, 0.4) is 0 Å². The van der Waals surface area contributed by atoms with Gasteiger partial charge in [0.2, 0.25) is 5.95 Å². The van der Waals surface area contributed by atoms with Gasteiger partial charge >= 0.3 is 0 Å². The molecule has 1 aromatic carbocycles. The first-order valence-electron chi connectivity index (χ1n) is 9.46. The van der Waals surface area contributed by atoms with E-state index >= 15 is 0 Å². The minimum Gasteiger partial charge on any atom is -0.493 e. The molecule has 1 atom stereocenters. The van der Waals surface area contributed by atoms with Gasteiger partial charge in [0.1, 0.15) is 0 Å². The van der Waals surface area contributed by atoms with Crippen molar-refractivity contribution < 1.29 is 19.0 Å². The Labute approximate surface area is 163 Å². The fourth-order valence-corrected chi connectivity index (χ4v) is 3.45. The number of fused-ring (bicyclic) bond motifs is 1. The van der Waals surface area contributed by atoms with Crippen LogP contribution in [-0.4, -0.2) is 62.4 Å². The number of hydrogen-bond donors (Lipinski definition) is 1. The number of benzene rings is 1. The van der Waals surface area contributed by atoms with Gasteiger partial charge in [0, 0.05) is 37.9 Å². The molecular formula is C20H24N4O4. The first-order chi connectivity index (χ1) is 13.7. The van der Waals surface area contributed by atoms with Gasteiger partial charge in [-0.2, -0.15) is 0 Å². The molecule has 2 aliphatic rings. The number of carbonyl (C=O) groups is 1. The monoisotopic (exact) mass is 384 g/mol. The van der Waals surface area contributed by atoms with E-state index in [4.69, 9.17) is 14.2 Å². The van der Waals surface area contributed by atoms with Gasteiger partial charge in [0.15, 0.2) is 11.5 Å². The number of methoxy groups -OCH3 is 1. The Morgan fingerprint density at radius 3 is 2.82 bits per heavy atom. The minimum atomic E-state index is -0.176. The maximum absolute atomic E-state index is 12.4. The quantitative estimate of drug-likeness (QED) is 0.832. The molecule has 1 fully saturated rings. The molecule has 0 bridgehead atoms. The van der Waals surface area contributed by atoms with Crippen LogP contribution in [0, 0.1) is 5.92 Å². The summed E-state index contributed by atoms with van der Waals surface area (Å²) in [5.41, 5.74) is 1.55. The predicted molar refractivity (Wildman–Crippen MR) is 103 cm³/mol. The molecule has 0 radical (unpaired) electrons. The van der Waals surface area contributed by atoms with Crippen LogP contribution in [0.4, 0.5) is 5.95 Å². The maximum Gasteiger partial charge on any atom is 0.254 e. The Morgan fingerprint density at radius 2 is 2.07 bits per heavy atom. The third kappa shape index (κ3) is 4.01. The second kappa shape index (κ2) is 8.43. The summed E-state index contributed by atoms with van der Waals surface area (Å²) in [4.78, 5) is 23.1. The summed E-state index contributed by atoms with van der Waals surface area (Å²) < 4.78 is 16.5. The molecule has 0 unspecified atom stereocenters. The second-order valence-corrected chi connectivity index (χ2v) is 6.91. The predicted octanol–water partition coefficient (Wildman–Crippen LogP) is 1.30. The standard InChI is InChI=1S/C20H24N4O4/c1-26-17-4-2-3-15-9-14(13-28-18(15)17)10-21-19(25)16-11-22-20(23-12-16)24-5-7-27-8-6-24/h2-4,11-12,14H,5-10,13H2,1H3,(H,21,25)/t14-/m0/s1. The van der Waals surface area contributed by atoms with Crippen LogP contribution >= 0.6 is 0 Å². The van der Waals surface area contributed by atoms with Crippen molar-refractivity contribution in [3.8, 4) is 11.5 Å². The smallest absolute Gasteiger partial charge is 0.254 e. The molecule has 0 saturated carbocycles. The Kier molecular flexibility index (Phi) is 5.57. The van der Waals surface area contributed by atoms with Crippen LogP contribution < -0.4 is 19.7 Å². The zero-order valence-electron chi connectivity index (χ0n) is 15.9.